The lowest BCUT2D eigenvalue weighted by atomic mass is 10.2. The molecule has 0 aliphatic carbocycles. The largest absolute Gasteiger partial charge is 0.481 e. The fraction of sp³-hybridized carbons (Fsp3) is 0.600. The highest BCUT2D eigenvalue weighted by atomic mass is 32.2. The van der Waals surface area contributed by atoms with Gasteiger partial charge in [0.05, 0.1) is 23.1 Å². The van der Waals surface area contributed by atoms with E-state index in [-0.39, 0.29) is 5.75 Å². The summed E-state index contributed by atoms with van der Waals surface area (Å²) in [6.07, 6.45) is 0. The summed E-state index contributed by atoms with van der Waals surface area (Å²) in [5, 5.41) is 12.8. The number of carboxylic acids is 1. The predicted molar refractivity (Wildman–Crippen MR) is 61.5 cm³/mol. The number of aromatic nitrogens is 2. The van der Waals surface area contributed by atoms with E-state index in [1.807, 2.05) is 13.0 Å². The zero-order valence-electron chi connectivity index (χ0n) is 9.64. The third-order valence-electron chi connectivity index (χ3n) is 2.27. The molecule has 90 valence electrons. The van der Waals surface area contributed by atoms with E-state index < -0.39 is 22.7 Å². The summed E-state index contributed by atoms with van der Waals surface area (Å²) in [6.45, 7) is 3.43. The van der Waals surface area contributed by atoms with Crippen molar-refractivity contribution in [1.29, 1.82) is 0 Å². The first-order chi connectivity index (χ1) is 7.40. The van der Waals surface area contributed by atoms with Gasteiger partial charge in [-0.15, -0.1) is 0 Å². The van der Waals surface area contributed by atoms with Crippen LogP contribution in [-0.2, 0) is 28.4 Å². The topological polar surface area (TPSA) is 72.2 Å². The van der Waals surface area contributed by atoms with Crippen molar-refractivity contribution in [3.8, 4) is 0 Å². The van der Waals surface area contributed by atoms with Crippen molar-refractivity contribution in [3.63, 3.8) is 0 Å². The van der Waals surface area contributed by atoms with E-state index in [2.05, 4.69) is 5.10 Å². The maximum Gasteiger partial charge on any atom is 0.307 e. The summed E-state index contributed by atoms with van der Waals surface area (Å²) in [7, 11) is 0.632. The number of carbonyl (C=O) groups is 1. The molecule has 0 bridgehead atoms. The molecule has 1 aromatic heterocycles. The lowest BCUT2D eigenvalue weighted by Crippen LogP contribution is -2.18. The molecule has 1 rings (SSSR count). The number of carboxylic acid groups (broad SMARTS) is 1. The molecular formula is C10H16N2O3S. The Morgan fingerprint density at radius 1 is 1.69 bits per heavy atom. The molecule has 5 nitrogen and oxygen atoms in total. The minimum atomic E-state index is -1.16. The van der Waals surface area contributed by atoms with Crippen molar-refractivity contribution in [3.05, 3.63) is 17.5 Å². The summed E-state index contributed by atoms with van der Waals surface area (Å²) in [4.78, 5) is 10.6. The lowest BCUT2D eigenvalue weighted by molar-refractivity contribution is -0.140. The van der Waals surface area contributed by atoms with Crippen LogP contribution in [0.4, 0.5) is 0 Å². The molecule has 1 aromatic rings. The Balaban J connectivity index is 2.58. The molecule has 0 aromatic carbocycles. The third kappa shape index (κ3) is 3.44. The molecule has 1 N–H and O–H groups in total. The van der Waals surface area contributed by atoms with Crippen molar-refractivity contribution in [2.45, 2.75) is 19.6 Å². The SMILES string of the molecule is Cc1cc(CS(=O)CC(C)C(=O)O)n(C)n1. The van der Waals surface area contributed by atoms with Gasteiger partial charge in [-0.3, -0.25) is 13.7 Å². The van der Waals surface area contributed by atoms with Crippen LogP contribution in [0.2, 0.25) is 0 Å². The van der Waals surface area contributed by atoms with E-state index in [0.29, 0.717) is 5.75 Å². The van der Waals surface area contributed by atoms with Gasteiger partial charge in [-0.05, 0) is 13.0 Å². The van der Waals surface area contributed by atoms with Crippen molar-refractivity contribution in [1.82, 2.24) is 9.78 Å². The molecule has 6 heteroatoms. The smallest absolute Gasteiger partial charge is 0.307 e. The second kappa shape index (κ2) is 5.25. The number of hydrogen-bond acceptors (Lipinski definition) is 3. The molecule has 0 saturated carbocycles. The molecule has 0 radical (unpaired) electrons. The second-order valence-corrected chi connectivity index (χ2v) is 5.39. The van der Waals surface area contributed by atoms with E-state index in [9.17, 15) is 9.00 Å². The van der Waals surface area contributed by atoms with Crippen LogP contribution in [0.15, 0.2) is 6.07 Å². The third-order valence-corrected chi connectivity index (χ3v) is 3.75. The van der Waals surface area contributed by atoms with E-state index in [0.717, 1.165) is 11.4 Å². The first-order valence-corrected chi connectivity index (χ1v) is 6.46. The molecule has 1 heterocycles. The Bertz CT molecular complexity index is 414. The molecule has 2 unspecified atom stereocenters. The monoisotopic (exact) mass is 244 g/mol. The average molecular weight is 244 g/mol. The molecule has 0 saturated heterocycles. The molecule has 0 aliphatic heterocycles. The zero-order valence-corrected chi connectivity index (χ0v) is 10.5. The van der Waals surface area contributed by atoms with Crippen LogP contribution in [0.25, 0.3) is 0 Å². The maximum absolute atomic E-state index is 11.7. The summed E-state index contributed by atoms with van der Waals surface area (Å²) >= 11 is 0. The Morgan fingerprint density at radius 2 is 2.31 bits per heavy atom. The zero-order chi connectivity index (χ0) is 12.3. The van der Waals surface area contributed by atoms with Crippen molar-refractivity contribution in [2.24, 2.45) is 13.0 Å². The highest BCUT2D eigenvalue weighted by molar-refractivity contribution is 7.84. The highest BCUT2D eigenvalue weighted by Gasteiger charge is 2.16. The molecule has 0 spiro atoms. The highest BCUT2D eigenvalue weighted by Crippen LogP contribution is 2.08. The Morgan fingerprint density at radius 3 is 2.75 bits per heavy atom. The fourth-order valence-corrected chi connectivity index (χ4v) is 2.79. The fourth-order valence-electron chi connectivity index (χ4n) is 1.37. The standard InChI is InChI=1S/C10H16N2O3S/c1-7(10(13)14)5-16(15)6-9-4-8(2)11-12(9)3/h4,7H,5-6H2,1-3H3,(H,13,14). The first kappa shape index (κ1) is 12.9. The lowest BCUT2D eigenvalue weighted by Gasteiger charge is -2.06. The van der Waals surface area contributed by atoms with Gasteiger partial charge in [-0.1, -0.05) is 6.92 Å². The second-order valence-electron chi connectivity index (χ2n) is 3.89. The number of aliphatic carboxylic acids is 1. The number of hydrogen-bond donors (Lipinski definition) is 1. The van der Waals surface area contributed by atoms with Crippen LogP contribution in [0.5, 0.6) is 0 Å². The van der Waals surface area contributed by atoms with Crippen LogP contribution >= 0.6 is 0 Å². The molecule has 0 amide bonds. The summed E-state index contributed by atoms with van der Waals surface area (Å²) < 4.78 is 13.4. The van der Waals surface area contributed by atoms with E-state index in [1.54, 1.807) is 18.7 Å². The van der Waals surface area contributed by atoms with Gasteiger partial charge in [-0.2, -0.15) is 5.10 Å². The van der Waals surface area contributed by atoms with Crippen LogP contribution in [0, 0.1) is 12.8 Å². The minimum absolute atomic E-state index is 0.180. The van der Waals surface area contributed by atoms with Crippen molar-refractivity contribution in [2.75, 3.05) is 5.75 Å². The number of aryl methyl sites for hydroxylation is 2. The van der Waals surface area contributed by atoms with E-state index in [1.165, 1.54) is 0 Å². The molecule has 16 heavy (non-hydrogen) atoms. The van der Waals surface area contributed by atoms with Crippen LogP contribution in [0.3, 0.4) is 0 Å². The predicted octanol–water partition coefficient (Wildman–Crippen LogP) is 0.698. The van der Waals surface area contributed by atoms with Gasteiger partial charge in [0.15, 0.2) is 0 Å². The molecular weight excluding hydrogens is 228 g/mol. The Labute approximate surface area is 96.9 Å². The summed E-state index contributed by atoms with van der Waals surface area (Å²) in [5.41, 5.74) is 1.74. The van der Waals surface area contributed by atoms with E-state index in [4.69, 9.17) is 5.11 Å². The number of rotatable bonds is 5. The van der Waals surface area contributed by atoms with Crippen LogP contribution in [0.1, 0.15) is 18.3 Å². The van der Waals surface area contributed by atoms with Crippen LogP contribution in [-0.4, -0.2) is 30.8 Å². The minimum Gasteiger partial charge on any atom is -0.481 e. The van der Waals surface area contributed by atoms with Gasteiger partial charge >= 0.3 is 5.97 Å². The van der Waals surface area contributed by atoms with Crippen LogP contribution < -0.4 is 0 Å². The molecule has 2 atom stereocenters. The normalized spacial score (nSPS) is 14.7. The van der Waals surface area contributed by atoms with Gasteiger partial charge in [-0.25, -0.2) is 0 Å². The summed E-state index contributed by atoms with van der Waals surface area (Å²) in [6, 6.07) is 1.86. The van der Waals surface area contributed by atoms with Gasteiger partial charge in [0, 0.05) is 23.6 Å². The first-order valence-electron chi connectivity index (χ1n) is 4.97. The molecule has 0 aliphatic rings. The molecule has 0 fully saturated rings. The Hall–Kier alpha value is -1.17. The quantitative estimate of drug-likeness (QED) is 0.827. The Kier molecular flexibility index (Phi) is 4.23. The van der Waals surface area contributed by atoms with Gasteiger partial charge in [0.1, 0.15) is 0 Å². The van der Waals surface area contributed by atoms with E-state index >= 15 is 0 Å². The van der Waals surface area contributed by atoms with Gasteiger partial charge in [0.2, 0.25) is 0 Å². The number of nitrogens with zero attached hydrogens (tertiary/aromatic N) is 2. The summed E-state index contributed by atoms with van der Waals surface area (Å²) in [5.74, 6) is -0.946. The maximum atomic E-state index is 11.7. The van der Waals surface area contributed by atoms with Crippen molar-refractivity contribution < 1.29 is 14.1 Å². The van der Waals surface area contributed by atoms with Gasteiger partial charge in [0.25, 0.3) is 0 Å². The van der Waals surface area contributed by atoms with Gasteiger partial charge < -0.3 is 5.11 Å². The average Bonchev–Trinajstić information content (AvgIpc) is 2.44. The van der Waals surface area contributed by atoms with Crippen molar-refractivity contribution >= 4 is 16.8 Å².